The average molecular weight is 189 g/mol. The number of hydrogen-bond acceptors (Lipinski definition) is 1. The number of nitrogens with zero attached hydrogens (tertiary/aromatic N) is 1. The molecule has 2 rings (SSSR count). The molecule has 1 aliphatic heterocycles. The molecule has 0 unspecified atom stereocenters. The summed E-state index contributed by atoms with van der Waals surface area (Å²) in [5.41, 5.74) is 4.58. The van der Waals surface area contributed by atoms with Crippen molar-refractivity contribution in [1.82, 2.24) is 4.90 Å². The minimum Gasteiger partial charge on any atom is -0.341 e. The third-order valence-corrected chi connectivity index (χ3v) is 3.01. The number of carbonyl (C=O) groups excluding carboxylic acids is 1. The van der Waals surface area contributed by atoms with Gasteiger partial charge in [-0.2, -0.15) is 0 Å². The molecule has 1 heterocycles. The highest BCUT2D eigenvalue weighted by Crippen LogP contribution is 2.21. The molecule has 0 radical (unpaired) electrons. The van der Waals surface area contributed by atoms with E-state index in [-0.39, 0.29) is 5.91 Å². The molecule has 2 nitrogen and oxygen atoms in total. The number of likely N-dealkylation sites (N-methyl/N-ethyl adjacent to an activating group) is 1. The molecule has 14 heavy (non-hydrogen) atoms. The van der Waals surface area contributed by atoms with Crippen molar-refractivity contribution < 1.29 is 4.79 Å². The molecule has 0 bridgehead atoms. The van der Waals surface area contributed by atoms with Crippen LogP contribution in [0.5, 0.6) is 0 Å². The fraction of sp³-hybridized carbons (Fsp3) is 0.417. The second kappa shape index (κ2) is 3.12. The Labute approximate surface area is 84.5 Å². The number of carbonyl (C=O) groups is 1. The summed E-state index contributed by atoms with van der Waals surface area (Å²) in [5.74, 6) is 0.161. The summed E-state index contributed by atoms with van der Waals surface area (Å²) in [6, 6.07) is 4.16. The predicted octanol–water partition coefficient (Wildman–Crippen LogP) is 1.93. The zero-order valence-electron chi connectivity index (χ0n) is 8.92. The third-order valence-electron chi connectivity index (χ3n) is 3.01. The van der Waals surface area contributed by atoms with Gasteiger partial charge in [0.25, 0.3) is 5.91 Å². The van der Waals surface area contributed by atoms with Gasteiger partial charge in [-0.25, -0.2) is 0 Å². The first-order valence-electron chi connectivity index (χ1n) is 4.95. The highest BCUT2D eigenvalue weighted by Gasteiger charge is 2.21. The van der Waals surface area contributed by atoms with Crippen LogP contribution in [0.2, 0.25) is 0 Å². The van der Waals surface area contributed by atoms with Gasteiger partial charge in [0.1, 0.15) is 0 Å². The van der Waals surface area contributed by atoms with E-state index in [1.165, 1.54) is 16.7 Å². The Morgan fingerprint density at radius 1 is 1.21 bits per heavy atom. The molecule has 74 valence electrons. The number of aryl methyl sites for hydroxylation is 2. The summed E-state index contributed by atoms with van der Waals surface area (Å²) in [6.45, 7) is 4.99. The molecule has 0 N–H and O–H groups in total. The van der Waals surface area contributed by atoms with Gasteiger partial charge >= 0.3 is 0 Å². The molecule has 1 aromatic rings. The van der Waals surface area contributed by atoms with E-state index >= 15 is 0 Å². The quantitative estimate of drug-likeness (QED) is 0.610. The summed E-state index contributed by atoms with van der Waals surface area (Å²) in [5, 5.41) is 0. The molecular weight excluding hydrogens is 174 g/mol. The SMILES string of the molecule is Cc1cc2c(cc1C)C(=O)N(C)CC2. The van der Waals surface area contributed by atoms with E-state index in [2.05, 4.69) is 19.9 Å². The fourth-order valence-corrected chi connectivity index (χ4v) is 1.88. The Kier molecular flexibility index (Phi) is 2.06. The predicted molar refractivity (Wildman–Crippen MR) is 56.6 cm³/mol. The Morgan fingerprint density at radius 2 is 1.86 bits per heavy atom. The van der Waals surface area contributed by atoms with E-state index in [0.29, 0.717) is 0 Å². The smallest absolute Gasteiger partial charge is 0.253 e. The molecule has 1 aromatic carbocycles. The molecular formula is C12H15NO. The standard InChI is InChI=1S/C12H15NO/c1-8-6-10-4-5-13(3)12(14)11(10)7-9(8)2/h6-7H,4-5H2,1-3H3. The summed E-state index contributed by atoms with van der Waals surface area (Å²) < 4.78 is 0. The van der Waals surface area contributed by atoms with Crippen LogP contribution in [0.3, 0.4) is 0 Å². The highest BCUT2D eigenvalue weighted by molar-refractivity contribution is 5.96. The Bertz CT molecular complexity index is 396. The molecule has 1 aliphatic rings. The first kappa shape index (κ1) is 9.25. The van der Waals surface area contributed by atoms with Crippen LogP contribution in [0, 0.1) is 13.8 Å². The largest absolute Gasteiger partial charge is 0.341 e. The summed E-state index contributed by atoms with van der Waals surface area (Å²) >= 11 is 0. The molecule has 0 saturated heterocycles. The molecule has 0 spiro atoms. The second-order valence-electron chi connectivity index (χ2n) is 4.07. The number of hydrogen-bond donors (Lipinski definition) is 0. The average Bonchev–Trinajstić information content (AvgIpc) is 2.15. The zero-order chi connectivity index (χ0) is 10.3. The molecule has 0 saturated carbocycles. The van der Waals surface area contributed by atoms with Crippen LogP contribution in [-0.2, 0) is 6.42 Å². The van der Waals surface area contributed by atoms with Crippen molar-refractivity contribution in [3.8, 4) is 0 Å². The van der Waals surface area contributed by atoms with Gasteiger partial charge in [0.05, 0.1) is 0 Å². The first-order chi connectivity index (χ1) is 6.59. The maximum Gasteiger partial charge on any atom is 0.253 e. The van der Waals surface area contributed by atoms with E-state index in [0.717, 1.165) is 18.5 Å². The van der Waals surface area contributed by atoms with Crippen molar-refractivity contribution in [2.75, 3.05) is 13.6 Å². The van der Waals surface area contributed by atoms with Gasteiger partial charge in [-0.15, -0.1) is 0 Å². The zero-order valence-corrected chi connectivity index (χ0v) is 8.92. The van der Waals surface area contributed by atoms with Crippen molar-refractivity contribution >= 4 is 5.91 Å². The Hall–Kier alpha value is -1.31. The lowest BCUT2D eigenvalue weighted by Crippen LogP contribution is -2.34. The van der Waals surface area contributed by atoms with Crippen LogP contribution in [0.25, 0.3) is 0 Å². The van der Waals surface area contributed by atoms with Crippen LogP contribution in [0.15, 0.2) is 12.1 Å². The Balaban J connectivity index is 2.56. The van der Waals surface area contributed by atoms with Gasteiger partial charge in [-0.1, -0.05) is 6.07 Å². The minimum atomic E-state index is 0.161. The molecule has 0 atom stereocenters. The van der Waals surface area contributed by atoms with Crippen LogP contribution < -0.4 is 0 Å². The van der Waals surface area contributed by atoms with Gasteiger partial charge < -0.3 is 4.90 Å². The van der Waals surface area contributed by atoms with Crippen LogP contribution in [0.4, 0.5) is 0 Å². The maximum atomic E-state index is 11.8. The van der Waals surface area contributed by atoms with Gasteiger partial charge in [0.15, 0.2) is 0 Å². The maximum absolute atomic E-state index is 11.8. The van der Waals surface area contributed by atoms with E-state index in [9.17, 15) is 4.79 Å². The van der Waals surface area contributed by atoms with Gasteiger partial charge in [0, 0.05) is 19.2 Å². The number of fused-ring (bicyclic) bond motifs is 1. The van der Waals surface area contributed by atoms with Gasteiger partial charge in [-0.05, 0) is 43.0 Å². The summed E-state index contributed by atoms with van der Waals surface area (Å²) in [6.07, 6.45) is 0.985. The summed E-state index contributed by atoms with van der Waals surface area (Å²) in [4.78, 5) is 13.6. The van der Waals surface area contributed by atoms with Crippen molar-refractivity contribution in [3.63, 3.8) is 0 Å². The second-order valence-corrected chi connectivity index (χ2v) is 4.07. The number of benzene rings is 1. The lowest BCUT2D eigenvalue weighted by Gasteiger charge is -2.25. The normalized spacial score (nSPS) is 15.6. The van der Waals surface area contributed by atoms with Gasteiger partial charge in [0.2, 0.25) is 0 Å². The molecule has 1 amide bonds. The monoisotopic (exact) mass is 189 g/mol. The summed E-state index contributed by atoms with van der Waals surface area (Å²) in [7, 11) is 1.86. The van der Waals surface area contributed by atoms with Crippen molar-refractivity contribution in [2.45, 2.75) is 20.3 Å². The highest BCUT2D eigenvalue weighted by atomic mass is 16.2. The first-order valence-corrected chi connectivity index (χ1v) is 4.95. The number of rotatable bonds is 0. The molecule has 2 heteroatoms. The fourth-order valence-electron chi connectivity index (χ4n) is 1.88. The third kappa shape index (κ3) is 1.31. The van der Waals surface area contributed by atoms with Crippen molar-refractivity contribution in [2.24, 2.45) is 0 Å². The van der Waals surface area contributed by atoms with Crippen LogP contribution in [-0.4, -0.2) is 24.4 Å². The van der Waals surface area contributed by atoms with Crippen molar-refractivity contribution in [3.05, 3.63) is 34.4 Å². The molecule has 0 aromatic heterocycles. The number of amides is 1. The lowest BCUT2D eigenvalue weighted by atomic mass is 9.94. The van der Waals surface area contributed by atoms with Gasteiger partial charge in [-0.3, -0.25) is 4.79 Å². The van der Waals surface area contributed by atoms with Crippen LogP contribution in [0.1, 0.15) is 27.0 Å². The minimum absolute atomic E-state index is 0.161. The van der Waals surface area contributed by atoms with E-state index in [4.69, 9.17) is 0 Å². The lowest BCUT2D eigenvalue weighted by molar-refractivity contribution is 0.0781. The van der Waals surface area contributed by atoms with E-state index in [1.54, 1.807) is 4.90 Å². The van der Waals surface area contributed by atoms with Crippen molar-refractivity contribution in [1.29, 1.82) is 0 Å². The topological polar surface area (TPSA) is 20.3 Å². The van der Waals surface area contributed by atoms with E-state index in [1.807, 2.05) is 13.1 Å². The van der Waals surface area contributed by atoms with E-state index < -0.39 is 0 Å². The van der Waals surface area contributed by atoms with Crippen LogP contribution >= 0.6 is 0 Å². The molecule has 0 fully saturated rings. The Morgan fingerprint density at radius 3 is 2.57 bits per heavy atom. The molecule has 0 aliphatic carbocycles.